The first-order valence-electron chi connectivity index (χ1n) is 2.98. The Morgan fingerprint density at radius 3 is 3.11 bits per heavy atom. The lowest BCUT2D eigenvalue weighted by Crippen LogP contribution is -2.19. The topological polar surface area (TPSA) is 52.7 Å². The van der Waals surface area contributed by atoms with Crippen LogP contribution in [-0.2, 0) is 0 Å². The van der Waals surface area contributed by atoms with Crippen molar-refractivity contribution >= 4 is 11.5 Å². The van der Waals surface area contributed by atoms with Crippen LogP contribution in [0.1, 0.15) is 0 Å². The monoisotopic (exact) mass is 124 g/mol. The Morgan fingerprint density at radius 2 is 2.22 bits per heavy atom. The second-order valence-electron chi connectivity index (χ2n) is 2.01. The Bertz CT molecular complexity index is 184. The maximum atomic E-state index is 3.85. The van der Waals surface area contributed by atoms with E-state index < -0.39 is 0 Å². The van der Waals surface area contributed by atoms with Gasteiger partial charge in [-0.1, -0.05) is 0 Å². The highest BCUT2D eigenvalue weighted by Crippen LogP contribution is 2.18. The zero-order valence-corrected chi connectivity index (χ0v) is 4.94. The Kier molecular flexibility index (Phi) is 0.855. The number of H-pyrrole nitrogens is 1. The van der Waals surface area contributed by atoms with Crippen molar-refractivity contribution in [3.05, 3.63) is 6.20 Å². The van der Waals surface area contributed by atoms with E-state index in [1.54, 1.807) is 6.20 Å². The number of aromatic nitrogens is 2. The lowest BCUT2D eigenvalue weighted by Gasteiger charge is -2.13. The predicted octanol–water partition coefficient (Wildman–Crippen LogP) is 0.247. The highest BCUT2D eigenvalue weighted by Gasteiger charge is 2.06. The van der Waals surface area contributed by atoms with Gasteiger partial charge >= 0.3 is 0 Å². The fourth-order valence-electron chi connectivity index (χ4n) is 0.940. The third kappa shape index (κ3) is 0.630. The van der Waals surface area contributed by atoms with Crippen molar-refractivity contribution in [2.24, 2.45) is 0 Å². The van der Waals surface area contributed by atoms with E-state index in [0.29, 0.717) is 0 Å². The maximum Gasteiger partial charge on any atom is 0.145 e. The molecule has 2 rings (SSSR count). The Morgan fingerprint density at radius 1 is 1.33 bits per heavy atom. The highest BCUT2D eigenvalue weighted by atomic mass is 15.2. The van der Waals surface area contributed by atoms with Gasteiger partial charge in [-0.25, -0.2) is 0 Å². The van der Waals surface area contributed by atoms with Gasteiger partial charge in [-0.15, -0.1) is 0 Å². The van der Waals surface area contributed by atoms with Gasteiger partial charge in [0, 0.05) is 13.1 Å². The average molecular weight is 124 g/mol. The SMILES string of the molecule is c1n[nH]c2c1NCCN2. The summed E-state index contributed by atoms with van der Waals surface area (Å²) in [6.45, 7) is 1.95. The molecule has 0 unspecified atom stereocenters. The second kappa shape index (κ2) is 1.65. The van der Waals surface area contributed by atoms with Gasteiger partial charge < -0.3 is 10.6 Å². The summed E-state index contributed by atoms with van der Waals surface area (Å²) in [6, 6.07) is 0. The van der Waals surface area contributed by atoms with Crippen molar-refractivity contribution in [2.45, 2.75) is 0 Å². The molecule has 3 N–H and O–H groups in total. The lowest BCUT2D eigenvalue weighted by atomic mass is 10.4. The first kappa shape index (κ1) is 4.67. The molecule has 0 saturated carbocycles. The van der Waals surface area contributed by atoms with E-state index in [0.717, 1.165) is 24.6 Å². The standard InChI is InChI=1S/C5H8N4/c1-2-7-5-4(6-1)3-8-9-5/h3,6H,1-2H2,(H2,7,8,9). The molecule has 0 saturated heterocycles. The molecule has 48 valence electrons. The fourth-order valence-corrected chi connectivity index (χ4v) is 0.940. The molecule has 4 nitrogen and oxygen atoms in total. The van der Waals surface area contributed by atoms with Gasteiger partial charge in [0.2, 0.25) is 0 Å². The predicted molar refractivity (Wildman–Crippen MR) is 35.6 cm³/mol. The minimum absolute atomic E-state index is 0.967. The minimum Gasteiger partial charge on any atom is -0.379 e. The summed E-state index contributed by atoms with van der Waals surface area (Å²) >= 11 is 0. The van der Waals surface area contributed by atoms with Crippen LogP contribution in [0.4, 0.5) is 11.5 Å². The van der Waals surface area contributed by atoms with E-state index in [9.17, 15) is 0 Å². The van der Waals surface area contributed by atoms with E-state index in [1.807, 2.05) is 0 Å². The highest BCUT2D eigenvalue weighted by molar-refractivity contribution is 5.64. The number of anilines is 2. The van der Waals surface area contributed by atoms with E-state index in [4.69, 9.17) is 0 Å². The molecule has 1 aliphatic heterocycles. The summed E-state index contributed by atoms with van der Waals surface area (Å²) in [5.74, 6) is 1.00. The van der Waals surface area contributed by atoms with Gasteiger partial charge in [-0.05, 0) is 0 Å². The van der Waals surface area contributed by atoms with Crippen molar-refractivity contribution in [3.63, 3.8) is 0 Å². The van der Waals surface area contributed by atoms with Crippen molar-refractivity contribution in [3.8, 4) is 0 Å². The molecule has 1 aromatic heterocycles. The molecule has 0 fully saturated rings. The third-order valence-corrected chi connectivity index (χ3v) is 1.38. The normalized spacial score (nSPS) is 15.6. The van der Waals surface area contributed by atoms with Gasteiger partial charge in [0.05, 0.1) is 11.9 Å². The zero-order valence-electron chi connectivity index (χ0n) is 4.94. The van der Waals surface area contributed by atoms with Crippen LogP contribution >= 0.6 is 0 Å². The average Bonchev–Trinajstić information content (AvgIpc) is 2.33. The molecule has 1 aromatic rings. The van der Waals surface area contributed by atoms with Gasteiger partial charge in [0.1, 0.15) is 5.82 Å². The smallest absolute Gasteiger partial charge is 0.145 e. The first-order chi connectivity index (χ1) is 4.47. The van der Waals surface area contributed by atoms with Crippen molar-refractivity contribution < 1.29 is 0 Å². The maximum absolute atomic E-state index is 3.85. The number of hydrogen-bond donors (Lipinski definition) is 3. The van der Waals surface area contributed by atoms with Crippen LogP contribution in [0.25, 0.3) is 0 Å². The Balaban J connectivity index is 2.39. The molecule has 2 heterocycles. The molecule has 1 aliphatic rings. The van der Waals surface area contributed by atoms with Gasteiger partial charge in [-0.2, -0.15) is 5.10 Å². The van der Waals surface area contributed by atoms with Crippen LogP contribution in [0.5, 0.6) is 0 Å². The number of nitrogens with zero attached hydrogens (tertiary/aromatic N) is 1. The summed E-state index contributed by atoms with van der Waals surface area (Å²) in [4.78, 5) is 0. The molecular formula is C5H8N4. The van der Waals surface area contributed by atoms with E-state index in [2.05, 4.69) is 20.8 Å². The van der Waals surface area contributed by atoms with Crippen molar-refractivity contribution in [1.82, 2.24) is 10.2 Å². The van der Waals surface area contributed by atoms with Crippen LogP contribution in [0.15, 0.2) is 6.20 Å². The van der Waals surface area contributed by atoms with Gasteiger partial charge in [0.25, 0.3) is 0 Å². The number of nitrogens with one attached hydrogen (secondary N) is 3. The summed E-state index contributed by atoms with van der Waals surface area (Å²) < 4.78 is 0. The van der Waals surface area contributed by atoms with Gasteiger partial charge in [-0.3, -0.25) is 5.10 Å². The molecule has 0 radical (unpaired) electrons. The van der Waals surface area contributed by atoms with Crippen LogP contribution < -0.4 is 10.6 Å². The molecule has 0 aromatic carbocycles. The van der Waals surface area contributed by atoms with Crippen LogP contribution in [0, 0.1) is 0 Å². The molecule has 4 heteroatoms. The molecule has 0 aliphatic carbocycles. The Labute approximate surface area is 52.7 Å². The first-order valence-corrected chi connectivity index (χ1v) is 2.98. The molecule has 9 heavy (non-hydrogen) atoms. The van der Waals surface area contributed by atoms with E-state index >= 15 is 0 Å². The quantitative estimate of drug-likeness (QED) is 0.464. The van der Waals surface area contributed by atoms with Crippen molar-refractivity contribution in [2.75, 3.05) is 23.7 Å². The largest absolute Gasteiger partial charge is 0.379 e. The summed E-state index contributed by atoms with van der Waals surface area (Å²) in [5, 5.41) is 13.0. The van der Waals surface area contributed by atoms with Crippen molar-refractivity contribution in [1.29, 1.82) is 0 Å². The number of aromatic amines is 1. The minimum atomic E-state index is 0.967. The molecule has 0 bridgehead atoms. The molecule has 0 amide bonds. The second-order valence-corrected chi connectivity index (χ2v) is 2.01. The Hall–Kier alpha value is -1.19. The molecule has 0 atom stereocenters. The lowest BCUT2D eigenvalue weighted by molar-refractivity contribution is 1.01. The van der Waals surface area contributed by atoms with Crippen LogP contribution in [-0.4, -0.2) is 23.3 Å². The summed E-state index contributed by atoms with van der Waals surface area (Å²) in [7, 11) is 0. The zero-order chi connectivity index (χ0) is 6.10. The fraction of sp³-hybridized carbons (Fsp3) is 0.400. The van der Waals surface area contributed by atoms with Crippen LogP contribution in [0.2, 0.25) is 0 Å². The molecular weight excluding hydrogens is 116 g/mol. The van der Waals surface area contributed by atoms with E-state index in [-0.39, 0.29) is 0 Å². The van der Waals surface area contributed by atoms with E-state index in [1.165, 1.54) is 0 Å². The molecule has 0 spiro atoms. The van der Waals surface area contributed by atoms with Gasteiger partial charge in [0.15, 0.2) is 0 Å². The number of rotatable bonds is 0. The summed E-state index contributed by atoms with van der Waals surface area (Å²) in [5.41, 5.74) is 1.07. The summed E-state index contributed by atoms with van der Waals surface area (Å²) in [6.07, 6.45) is 1.78. The van der Waals surface area contributed by atoms with Crippen LogP contribution in [0.3, 0.4) is 0 Å². The number of fused-ring (bicyclic) bond motifs is 1. The number of hydrogen-bond acceptors (Lipinski definition) is 3. The third-order valence-electron chi connectivity index (χ3n) is 1.38.